The molecule has 5 N–H and O–H groups in total. The van der Waals surface area contributed by atoms with E-state index in [2.05, 4.69) is 0 Å². The van der Waals surface area contributed by atoms with Gasteiger partial charge in [-0.15, -0.1) is 0 Å². The molecule has 1 fully saturated rings. The highest BCUT2D eigenvalue weighted by Crippen LogP contribution is 2.38. The maximum absolute atomic E-state index is 10.1. The number of aliphatic hydroxyl groups is 5. The first kappa shape index (κ1) is 16.0. The van der Waals surface area contributed by atoms with E-state index in [1.165, 1.54) is 14.2 Å². The Balaban J connectivity index is 2.39. The Hall–Kier alpha value is -1.38. The molecule has 1 aliphatic carbocycles. The van der Waals surface area contributed by atoms with E-state index in [9.17, 15) is 25.5 Å². The van der Waals surface area contributed by atoms with Crippen molar-refractivity contribution in [2.75, 3.05) is 14.2 Å². The van der Waals surface area contributed by atoms with Crippen molar-refractivity contribution in [2.24, 2.45) is 0 Å². The van der Waals surface area contributed by atoms with Crippen LogP contribution in [-0.4, -0.2) is 70.3 Å². The van der Waals surface area contributed by atoms with Crippen molar-refractivity contribution in [3.05, 3.63) is 23.8 Å². The van der Waals surface area contributed by atoms with E-state index in [0.717, 1.165) is 0 Å². The lowest BCUT2D eigenvalue weighted by Gasteiger charge is -2.42. The zero-order valence-corrected chi connectivity index (χ0v) is 11.7. The van der Waals surface area contributed by atoms with E-state index < -0.39 is 36.4 Å². The molecule has 0 bridgehead atoms. The SMILES string of the molecule is COc1ccc(C2[C@@H](O)[C@H](O)C(O)[C@H](O)[C@@H]2O)cc1OC. The number of benzene rings is 1. The van der Waals surface area contributed by atoms with Gasteiger partial charge in [0.25, 0.3) is 0 Å². The summed E-state index contributed by atoms with van der Waals surface area (Å²) in [6.45, 7) is 0. The van der Waals surface area contributed by atoms with Gasteiger partial charge < -0.3 is 35.0 Å². The summed E-state index contributed by atoms with van der Waals surface area (Å²) < 4.78 is 10.3. The van der Waals surface area contributed by atoms with Gasteiger partial charge in [-0.05, 0) is 17.7 Å². The molecule has 2 unspecified atom stereocenters. The van der Waals surface area contributed by atoms with Gasteiger partial charge in [-0.25, -0.2) is 0 Å². The third-order valence-electron chi connectivity index (χ3n) is 3.93. The predicted octanol–water partition coefficient (Wildman–Crippen LogP) is -1.39. The second kappa shape index (κ2) is 6.17. The molecule has 1 aliphatic rings. The van der Waals surface area contributed by atoms with Gasteiger partial charge in [0, 0.05) is 5.92 Å². The molecule has 7 nitrogen and oxygen atoms in total. The standard InChI is InChI=1S/C14H20O7/c1-20-7-4-3-6(5-8(7)21-2)9-10(15)12(17)14(19)13(18)11(9)16/h3-5,9-19H,1-2H3/t9?,10-,11-,12-,13+,14?/m1/s1. The van der Waals surface area contributed by atoms with Crippen LogP contribution in [0.2, 0.25) is 0 Å². The zero-order valence-electron chi connectivity index (χ0n) is 11.7. The third kappa shape index (κ3) is 2.70. The first-order valence-corrected chi connectivity index (χ1v) is 6.54. The quantitative estimate of drug-likeness (QED) is 0.466. The number of ether oxygens (including phenoxy) is 2. The molecule has 1 aromatic carbocycles. The average Bonchev–Trinajstić information content (AvgIpc) is 2.51. The second-order valence-corrected chi connectivity index (χ2v) is 5.09. The summed E-state index contributed by atoms with van der Waals surface area (Å²) in [5.74, 6) is -0.0927. The van der Waals surface area contributed by atoms with Gasteiger partial charge in [0.1, 0.15) is 18.3 Å². The summed E-state index contributed by atoms with van der Waals surface area (Å²) in [4.78, 5) is 0. The fraction of sp³-hybridized carbons (Fsp3) is 0.571. The van der Waals surface area contributed by atoms with E-state index in [-0.39, 0.29) is 0 Å². The molecular weight excluding hydrogens is 280 g/mol. The van der Waals surface area contributed by atoms with E-state index >= 15 is 0 Å². The Morgan fingerprint density at radius 3 is 1.67 bits per heavy atom. The van der Waals surface area contributed by atoms with Crippen LogP contribution in [0.3, 0.4) is 0 Å². The molecule has 6 atom stereocenters. The van der Waals surface area contributed by atoms with Crippen LogP contribution in [0.5, 0.6) is 11.5 Å². The zero-order chi connectivity index (χ0) is 15.7. The van der Waals surface area contributed by atoms with Crippen LogP contribution in [-0.2, 0) is 0 Å². The van der Waals surface area contributed by atoms with Crippen LogP contribution in [0.4, 0.5) is 0 Å². The summed E-state index contributed by atoms with van der Waals surface area (Å²) in [7, 11) is 2.93. The molecular formula is C14H20O7. The van der Waals surface area contributed by atoms with Crippen LogP contribution in [0, 0.1) is 0 Å². The fourth-order valence-electron chi connectivity index (χ4n) is 2.69. The highest BCUT2D eigenvalue weighted by molar-refractivity contribution is 5.44. The molecule has 1 aromatic rings. The van der Waals surface area contributed by atoms with Crippen LogP contribution >= 0.6 is 0 Å². The van der Waals surface area contributed by atoms with Gasteiger partial charge in [-0.3, -0.25) is 0 Å². The summed E-state index contributed by atoms with van der Waals surface area (Å²) in [6.07, 6.45) is -7.55. The molecule has 0 spiro atoms. The smallest absolute Gasteiger partial charge is 0.161 e. The number of hydrogen-bond acceptors (Lipinski definition) is 7. The van der Waals surface area contributed by atoms with Gasteiger partial charge in [-0.2, -0.15) is 0 Å². The summed E-state index contributed by atoms with van der Waals surface area (Å²) in [5.41, 5.74) is 0.456. The first-order chi connectivity index (χ1) is 9.92. The van der Waals surface area contributed by atoms with E-state index in [0.29, 0.717) is 17.1 Å². The molecule has 1 saturated carbocycles. The second-order valence-electron chi connectivity index (χ2n) is 5.09. The normalized spacial score (nSPS) is 36.3. The largest absolute Gasteiger partial charge is 0.493 e. The van der Waals surface area contributed by atoms with Crippen LogP contribution < -0.4 is 9.47 Å². The van der Waals surface area contributed by atoms with E-state index in [1.54, 1.807) is 18.2 Å². The Bertz CT molecular complexity index is 476. The molecule has 0 radical (unpaired) electrons. The predicted molar refractivity (Wildman–Crippen MR) is 72.3 cm³/mol. The van der Waals surface area contributed by atoms with Crippen molar-refractivity contribution in [3.8, 4) is 11.5 Å². The minimum atomic E-state index is -1.61. The van der Waals surface area contributed by atoms with Crippen molar-refractivity contribution >= 4 is 0 Å². The lowest BCUT2D eigenvalue weighted by Crippen LogP contribution is -2.59. The highest BCUT2D eigenvalue weighted by Gasteiger charge is 2.48. The molecule has 0 saturated heterocycles. The van der Waals surface area contributed by atoms with Crippen molar-refractivity contribution in [2.45, 2.75) is 36.4 Å². The maximum Gasteiger partial charge on any atom is 0.161 e. The van der Waals surface area contributed by atoms with Gasteiger partial charge >= 0.3 is 0 Å². The van der Waals surface area contributed by atoms with Crippen LogP contribution in [0.15, 0.2) is 18.2 Å². The molecule has 2 rings (SSSR count). The number of methoxy groups -OCH3 is 2. The van der Waals surface area contributed by atoms with Crippen molar-refractivity contribution in [1.29, 1.82) is 0 Å². The van der Waals surface area contributed by atoms with Crippen molar-refractivity contribution < 1.29 is 35.0 Å². The highest BCUT2D eigenvalue weighted by atomic mass is 16.5. The lowest BCUT2D eigenvalue weighted by atomic mass is 9.75. The summed E-state index contributed by atoms with van der Waals surface area (Å²) in [6, 6.07) is 4.74. The Morgan fingerprint density at radius 2 is 1.19 bits per heavy atom. The van der Waals surface area contributed by atoms with Gasteiger partial charge in [0.05, 0.1) is 26.4 Å². The number of rotatable bonds is 3. The Kier molecular flexibility index (Phi) is 4.70. The van der Waals surface area contributed by atoms with Gasteiger partial charge in [-0.1, -0.05) is 6.07 Å². The van der Waals surface area contributed by atoms with Crippen LogP contribution in [0.25, 0.3) is 0 Å². The third-order valence-corrected chi connectivity index (χ3v) is 3.93. The minimum Gasteiger partial charge on any atom is -0.493 e. The topological polar surface area (TPSA) is 120 Å². The molecule has 118 valence electrons. The Morgan fingerprint density at radius 1 is 0.714 bits per heavy atom. The molecule has 0 aromatic heterocycles. The summed E-state index contributed by atoms with van der Waals surface area (Å²) in [5, 5.41) is 49.3. The molecule has 21 heavy (non-hydrogen) atoms. The average molecular weight is 300 g/mol. The van der Waals surface area contributed by atoms with Crippen LogP contribution in [0.1, 0.15) is 11.5 Å². The van der Waals surface area contributed by atoms with Gasteiger partial charge in [0.15, 0.2) is 11.5 Å². The van der Waals surface area contributed by atoms with Crippen molar-refractivity contribution in [1.82, 2.24) is 0 Å². The first-order valence-electron chi connectivity index (χ1n) is 6.54. The minimum absolute atomic E-state index is 0.393. The fourth-order valence-corrected chi connectivity index (χ4v) is 2.69. The number of aliphatic hydroxyl groups excluding tert-OH is 5. The number of hydrogen-bond donors (Lipinski definition) is 5. The monoisotopic (exact) mass is 300 g/mol. The lowest BCUT2D eigenvalue weighted by molar-refractivity contribution is -0.187. The Labute approximate surface area is 122 Å². The molecule has 0 heterocycles. The maximum atomic E-state index is 10.1. The van der Waals surface area contributed by atoms with E-state index in [1.807, 2.05) is 0 Å². The van der Waals surface area contributed by atoms with E-state index in [4.69, 9.17) is 9.47 Å². The molecule has 0 aliphatic heterocycles. The van der Waals surface area contributed by atoms with Crippen molar-refractivity contribution in [3.63, 3.8) is 0 Å². The summed E-state index contributed by atoms with van der Waals surface area (Å²) >= 11 is 0. The molecule has 7 heteroatoms. The van der Waals surface area contributed by atoms with Gasteiger partial charge in [0.2, 0.25) is 0 Å². The molecule has 0 amide bonds.